The van der Waals surface area contributed by atoms with Crippen molar-refractivity contribution in [3.63, 3.8) is 0 Å². The highest BCUT2D eigenvalue weighted by Crippen LogP contribution is 2.29. The van der Waals surface area contributed by atoms with E-state index in [0.717, 1.165) is 42.9 Å². The van der Waals surface area contributed by atoms with Crippen molar-refractivity contribution in [1.82, 2.24) is 10.6 Å². The lowest BCUT2D eigenvalue weighted by molar-refractivity contribution is -0.136. The molecule has 2 N–H and O–H groups in total. The maximum absolute atomic E-state index is 12.5. The summed E-state index contributed by atoms with van der Waals surface area (Å²) in [5.41, 5.74) is 0.753. The second kappa shape index (κ2) is 7.78. The van der Waals surface area contributed by atoms with Gasteiger partial charge in [0.05, 0.1) is 12.0 Å². The van der Waals surface area contributed by atoms with E-state index in [0.29, 0.717) is 13.2 Å². The highest BCUT2D eigenvalue weighted by Gasteiger charge is 2.39. The van der Waals surface area contributed by atoms with E-state index in [4.69, 9.17) is 16.3 Å². The lowest BCUT2D eigenvalue weighted by Gasteiger charge is -2.35. The number of carbonyl (C=O) groups excluding carboxylic acids is 1. The van der Waals surface area contributed by atoms with Gasteiger partial charge >= 0.3 is 0 Å². The number of benzene rings is 1. The summed E-state index contributed by atoms with van der Waals surface area (Å²) in [5.74, 6) is 0.105. The van der Waals surface area contributed by atoms with Gasteiger partial charge in [0, 0.05) is 18.7 Å². The Bertz CT molecular complexity index is 468. The van der Waals surface area contributed by atoms with E-state index in [1.165, 1.54) is 0 Å². The van der Waals surface area contributed by atoms with Gasteiger partial charge in [-0.15, -0.1) is 0 Å². The van der Waals surface area contributed by atoms with Crippen LogP contribution < -0.4 is 10.6 Å². The molecule has 5 heteroatoms. The van der Waals surface area contributed by atoms with Crippen molar-refractivity contribution in [3.05, 3.63) is 34.9 Å². The van der Waals surface area contributed by atoms with E-state index >= 15 is 0 Å². The minimum absolute atomic E-state index is 0.105. The third-order valence-corrected chi connectivity index (χ3v) is 4.29. The van der Waals surface area contributed by atoms with Crippen LogP contribution in [0, 0.1) is 5.41 Å². The zero-order chi connectivity index (χ0) is 15.1. The van der Waals surface area contributed by atoms with Gasteiger partial charge in [0.2, 0.25) is 5.91 Å². The first kappa shape index (κ1) is 16.3. The molecular weight excluding hydrogens is 288 g/mol. The number of carbonyl (C=O) groups is 1. The quantitative estimate of drug-likeness (QED) is 0.845. The average molecular weight is 311 g/mol. The van der Waals surface area contributed by atoms with Crippen molar-refractivity contribution in [2.75, 3.05) is 33.4 Å². The fourth-order valence-electron chi connectivity index (χ4n) is 2.82. The van der Waals surface area contributed by atoms with Crippen molar-refractivity contribution < 1.29 is 9.53 Å². The van der Waals surface area contributed by atoms with E-state index in [-0.39, 0.29) is 11.3 Å². The second-order valence-electron chi connectivity index (χ2n) is 5.60. The van der Waals surface area contributed by atoms with Crippen LogP contribution >= 0.6 is 11.6 Å². The van der Waals surface area contributed by atoms with Gasteiger partial charge < -0.3 is 15.4 Å². The number of piperidine rings is 1. The zero-order valence-corrected chi connectivity index (χ0v) is 13.2. The molecule has 1 fully saturated rings. The molecule has 0 bridgehead atoms. The number of nitrogens with one attached hydrogen (secondary N) is 2. The Balaban J connectivity index is 1.87. The van der Waals surface area contributed by atoms with Crippen LogP contribution in [0.4, 0.5) is 0 Å². The first-order valence-electron chi connectivity index (χ1n) is 7.39. The van der Waals surface area contributed by atoms with E-state index in [2.05, 4.69) is 10.6 Å². The first-order valence-corrected chi connectivity index (χ1v) is 7.76. The van der Waals surface area contributed by atoms with Crippen molar-refractivity contribution in [2.45, 2.75) is 19.3 Å². The maximum Gasteiger partial charge on any atom is 0.228 e. The molecule has 4 nitrogen and oxygen atoms in total. The van der Waals surface area contributed by atoms with Crippen LogP contribution in [0.25, 0.3) is 0 Å². The monoisotopic (exact) mass is 310 g/mol. The predicted octanol–water partition coefficient (Wildman–Crippen LogP) is 2.01. The summed E-state index contributed by atoms with van der Waals surface area (Å²) in [5, 5.41) is 7.08. The Labute approximate surface area is 131 Å². The minimum atomic E-state index is -0.381. The number of rotatable bonds is 6. The molecule has 1 aromatic carbocycles. The third kappa shape index (κ3) is 4.43. The Kier molecular flexibility index (Phi) is 6.03. The molecule has 1 aliphatic rings. The van der Waals surface area contributed by atoms with Crippen LogP contribution in [0.5, 0.6) is 0 Å². The molecule has 0 radical (unpaired) electrons. The molecular formula is C16H23ClN2O2. The summed E-state index contributed by atoms with van der Waals surface area (Å²) >= 11 is 5.96. The normalized spacial score (nSPS) is 17.4. The molecule has 1 saturated heterocycles. The average Bonchev–Trinajstić information content (AvgIpc) is 2.48. The largest absolute Gasteiger partial charge is 0.384 e. The Morgan fingerprint density at radius 3 is 2.86 bits per heavy atom. The molecule has 1 aliphatic heterocycles. The van der Waals surface area contributed by atoms with E-state index in [9.17, 15) is 4.79 Å². The predicted molar refractivity (Wildman–Crippen MR) is 84.6 cm³/mol. The van der Waals surface area contributed by atoms with Gasteiger partial charge in [0.1, 0.15) is 0 Å². The lowest BCUT2D eigenvalue weighted by Crippen LogP contribution is -2.50. The molecule has 2 rings (SSSR count). The SMILES string of the molecule is COCC1(C(=O)NCCc2cccc(Cl)c2)CCNCC1. The highest BCUT2D eigenvalue weighted by molar-refractivity contribution is 6.30. The van der Waals surface area contributed by atoms with E-state index in [1.807, 2.05) is 24.3 Å². The van der Waals surface area contributed by atoms with Gasteiger partial charge in [0.25, 0.3) is 0 Å². The Morgan fingerprint density at radius 2 is 2.19 bits per heavy atom. The van der Waals surface area contributed by atoms with Gasteiger partial charge in [-0.1, -0.05) is 23.7 Å². The smallest absolute Gasteiger partial charge is 0.228 e. The van der Waals surface area contributed by atoms with Crippen LogP contribution in [0.15, 0.2) is 24.3 Å². The van der Waals surface area contributed by atoms with Crippen molar-refractivity contribution >= 4 is 17.5 Å². The molecule has 1 heterocycles. The van der Waals surface area contributed by atoms with Crippen LogP contribution in [0.3, 0.4) is 0 Å². The van der Waals surface area contributed by atoms with Gasteiger partial charge in [-0.05, 0) is 50.0 Å². The zero-order valence-electron chi connectivity index (χ0n) is 12.5. The lowest BCUT2D eigenvalue weighted by atomic mass is 9.78. The van der Waals surface area contributed by atoms with Gasteiger partial charge in [-0.3, -0.25) is 4.79 Å². The molecule has 1 amide bonds. The van der Waals surface area contributed by atoms with E-state index < -0.39 is 0 Å². The number of methoxy groups -OCH3 is 1. The first-order chi connectivity index (χ1) is 10.2. The second-order valence-corrected chi connectivity index (χ2v) is 6.04. The number of halogens is 1. The molecule has 0 atom stereocenters. The standard InChI is InChI=1S/C16H23ClN2O2/c1-21-12-16(6-9-18-10-7-16)15(20)19-8-5-13-3-2-4-14(17)11-13/h2-4,11,18H,5-10,12H2,1H3,(H,19,20). The third-order valence-electron chi connectivity index (χ3n) is 4.05. The molecule has 21 heavy (non-hydrogen) atoms. The summed E-state index contributed by atoms with van der Waals surface area (Å²) in [6.07, 6.45) is 2.43. The molecule has 0 unspecified atom stereocenters. The summed E-state index contributed by atoms with van der Waals surface area (Å²) in [6.45, 7) is 2.84. The Morgan fingerprint density at radius 1 is 1.43 bits per heavy atom. The van der Waals surface area contributed by atoms with Gasteiger partial charge in [0.15, 0.2) is 0 Å². The fourth-order valence-corrected chi connectivity index (χ4v) is 3.03. The minimum Gasteiger partial charge on any atom is -0.384 e. The summed E-state index contributed by atoms with van der Waals surface area (Å²) in [6, 6.07) is 7.74. The van der Waals surface area contributed by atoms with Crippen LogP contribution in [-0.4, -0.2) is 39.3 Å². The Hall–Kier alpha value is -1.10. The van der Waals surface area contributed by atoms with Crippen molar-refractivity contribution in [2.24, 2.45) is 5.41 Å². The molecule has 0 saturated carbocycles. The van der Waals surface area contributed by atoms with Gasteiger partial charge in [-0.2, -0.15) is 0 Å². The number of ether oxygens (including phenoxy) is 1. The van der Waals surface area contributed by atoms with Crippen LogP contribution in [0.1, 0.15) is 18.4 Å². The summed E-state index contributed by atoms with van der Waals surface area (Å²) in [7, 11) is 1.66. The topological polar surface area (TPSA) is 50.4 Å². The fraction of sp³-hybridized carbons (Fsp3) is 0.562. The number of hydrogen-bond acceptors (Lipinski definition) is 3. The molecule has 0 aliphatic carbocycles. The van der Waals surface area contributed by atoms with Crippen molar-refractivity contribution in [3.8, 4) is 0 Å². The summed E-state index contributed by atoms with van der Waals surface area (Å²) in [4.78, 5) is 12.5. The van der Waals surface area contributed by atoms with E-state index in [1.54, 1.807) is 7.11 Å². The van der Waals surface area contributed by atoms with Gasteiger partial charge in [-0.25, -0.2) is 0 Å². The summed E-state index contributed by atoms with van der Waals surface area (Å²) < 4.78 is 5.28. The highest BCUT2D eigenvalue weighted by atomic mass is 35.5. The molecule has 0 spiro atoms. The maximum atomic E-state index is 12.5. The number of hydrogen-bond donors (Lipinski definition) is 2. The molecule has 116 valence electrons. The van der Waals surface area contributed by atoms with Crippen molar-refractivity contribution in [1.29, 1.82) is 0 Å². The number of amides is 1. The molecule has 1 aromatic rings. The van der Waals surface area contributed by atoms with Crippen LogP contribution in [-0.2, 0) is 16.0 Å². The van der Waals surface area contributed by atoms with Crippen LogP contribution in [0.2, 0.25) is 5.02 Å². The molecule has 0 aromatic heterocycles.